The fraction of sp³-hybridized carbons (Fsp3) is 0.200. The molecule has 3 aromatic carbocycles. The molecule has 0 bridgehead atoms. The van der Waals surface area contributed by atoms with Crippen LogP contribution in [0.1, 0.15) is 0 Å². The molecule has 2 heterocycles. The minimum atomic E-state index is 0.0618. The van der Waals surface area contributed by atoms with Crippen molar-refractivity contribution in [2.75, 3.05) is 63.6 Å². The lowest BCUT2D eigenvalue weighted by atomic mass is 10.2. The first kappa shape index (κ1) is 30.8. The van der Waals surface area contributed by atoms with Gasteiger partial charge >= 0.3 is 0 Å². The fourth-order valence-electron chi connectivity index (χ4n) is 4.06. The highest BCUT2D eigenvalue weighted by molar-refractivity contribution is 6.28. The van der Waals surface area contributed by atoms with E-state index in [9.17, 15) is 0 Å². The number of benzene rings is 3. The molecule has 5 aromatic rings. The number of aromatic nitrogens is 6. The topological polar surface area (TPSA) is 125 Å². The summed E-state index contributed by atoms with van der Waals surface area (Å²) in [6.45, 7) is 0. The first-order chi connectivity index (χ1) is 20.8. The number of nitrogens with zero attached hydrogens (tertiary/aromatic N) is 8. The minimum absolute atomic E-state index is 0.0618. The average molecular weight is 634 g/mol. The molecule has 0 radical (unpaired) electrons. The third-order valence-electron chi connectivity index (χ3n) is 6.41. The van der Waals surface area contributed by atoms with Gasteiger partial charge in [-0.3, -0.25) is 8.97 Å². The molecule has 0 saturated carbocycles. The molecule has 0 saturated heterocycles. The Kier molecular flexibility index (Phi) is 8.79. The van der Waals surface area contributed by atoms with Crippen LogP contribution >= 0.6 is 23.2 Å². The molecule has 0 aliphatic heterocycles. The van der Waals surface area contributed by atoms with E-state index in [-0.39, 0.29) is 10.6 Å². The van der Waals surface area contributed by atoms with Crippen molar-refractivity contribution < 1.29 is 0 Å². The van der Waals surface area contributed by atoms with Gasteiger partial charge in [-0.15, -0.1) is 0 Å². The maximum absolute atomic E-state index is 6.19. The van der Waals surface area contributed by atoms with E-state index in [0.717, 1.165) is 22.7 Å². The molecule has 0 aliphatic rings. The molecule has 0 aliphatic carbocycles. The first-order valence-electron chi connectivity index (χ1n) is 13.7. The van der Waals surface area contributed by atoms with Gasteiger partial charge in [0, 0.05) is 47.0 Å². The van der Waals surface area contributed by atoms with Crippen molar-refractivity contribution in [3.05, 3.63) is 83.4 Å². The van der Waals surface area contributed by atoms with Crippen LogP contribution in [0.4, 0.5) is 57.9 Å². The van der Waals surface area contributed by atoms with Crippen LogP contribution in [0, 0.1) is 0 Å². The summed E-state index contributed by atoms with van der Waals surface area (Å²) in [5, 5.41) is 12.8. The van der Waals surface area contributed by atoms with E-state index in [0.29, 0.717) is 32.8 Å². The Labute approximate surface area is 266 Å². The van der Waals surface area contributed by atoms with Crippen molar-refractivity contribution in [3.8, 4) is 0 Å². The maximum atomic E-state index is 6.19. The summed E-state index contributed by atoms with van der Waals surface area (Å²) in [6, 6.07) is 23.5. The third-order valence-corrected chi connectivity index (χ3v) is 6.75. The Balaban J connectivity index is 1.23. The van der Waals surface area contributed by atoms with Gasteiger partial charge in [0.15, 0.2) is 0 Å². The zero-order chi connectivity index (χ0) is 31.5. The van der Waals surface area contributed by atoms with E-state index in [4.69, 9.17) is 23.2 Å². The van der Waals surface area contributed by atoms with Crippen LogP contribution in [-0.4, -0.2) is 72.2 Å². The maximum Gasteiger partial charge on any atom is 0.233 e. The second kappa shape index (κ2) is 12.5. The molecule has 5 rings (SSSR count). The zero-order valence-corrected chi connectivity index (χ0v) is 26.8. The van der Waals surface area contributed by atoms with Crippen molar-refractivity contribution in [1.82, 2.24) is 38.9 Å². The number of halogens is 2. The number of rotatable bonds is 10. The SMILES string of the molecule is C[N+](C)(C)c1ccc(Nc2nc(Cl)nc(Nc3ccc(Nc4nc(Cl)nc(Nc5ccc([N+](C)(C)C)cc5)n4)cc3)n2)cc1. The zero-order valence-electron chi connectivity index (χ0n) is 25.3. The third kappa shape index (κ3) is 8.26. The first-order valence-corrected chi connectivity index (χ1v) is 14.4. The van der Waals surface area contributed by atoms with E-state index in [1.165, 1.54) is 11.4 Å². The van der Waals surface area contributed by atoms with E-state index in [1.807, 2.05) is 72.8 Å². The van der Waals surface area contributed by atoms with Crippen molar-refractivity contribution in [2.45, 2.75) is 0 Å². The van der Waals surface area contributed by atoms with Gasteiger partial charge in [-0.2, -0.15) is 29.9 Å². The molecule has 0 amide bonds. The van der Waals surface area contributed by atoms with E-state index in [2.05, 4.69) is 93.5 Å². The molecule has 226 valence electrons. The number of quaternary nitrogens is 2. The van der Waals surface area contributed by atoms with E-state index in [1.54, 1.807) is 0 Å². The minimum Gasteiger partial charge on any atom is -0.324 e. The van der Waals surface area contributed by atoms with Gasteiger partial charge in [-0.25, -0.2) is 0 Å². The Morgan fingerprint density at radius 2 is 0.614 bits per heavy atom. The highest BCUT2D eigenvalue weighted by Crippen LogP contribution is 2.25. The lowest BCUT2D eigenvalue weighted by Crippen LogP contribution is -2.34. The second-order valence-corrected chi connectivity index (χ2v) is 12.4. The summed E-state index contributed by atoms with van der Waals surface area (Å²) in [5.74, 6) is 1.24. The van der Waals surface area contributed by atoms with Crippen LogP contribution in [0.5, 0.6) is 0 Å². The quantitative estimate of drug-likeness (QED) is 0.123. The van der Waals surface area contributed by atoms with Gasteiger partial charge in [0.25, 0.3) is 0 Å². The second-order valence-electron chi connectivity index (χ2n) is 11.7. The molecule has 0 unspecified atom stereocenters. The van der Waals surface area contributed by atoms with Crippen LogP contribution in [0.15, 0.2) is 72.8 Å². The predicted octanol–water partition coefficient (Wildman–Crippen LogP) is 6.73. The van der Waals surface area contributed by atoms with Crippen LogP contribution in [-0.2, 0) is 0 Å². The Morgan fingerprint density at radius 3 is 0.841 bits per heavy atom. The Morgan fingerprint density at radius 1 is 0.386 bits per heavy atom. The molecular weight excluding hydrogens is 599 g/mol. The fourth-order valence-corrected chi connectivity index (χ4v) is 4.38. The molecule has 0 fully saturated rings. The summed E-state index contributed by atoms with van der Waals surface area (Å²) in [4.78, 5) is 25.7. The predicted molar refractivity (Wildman–Crippen MR) is 181 cm³/mol. The summed E-state index contributed by atoms with van der Waals surface area (Å²) in [6.07, 6.45) is 0. The molecule has 14 heteroatoms. The summed E-state index contributed by atoms with van der Waals surface area (Å²) >= 11 is 12.4. The number of nitrogens with one attached hydrogen (secondary N) is 4. The van der Waals surface area contributed by atoms with Crippen LogP contribution < -0.4 is 30.2 Å². The highest BCUT2D eigenvalue weighted by atomic mass is 35.5. The Hall–Kier alpha value is -4.62. The van der Waals surface area contributed by atoms with Crippen molar-refractivity contribution >= 4 is 81.1 Å². The highest BCUT2D eigenvalue weighted by Gasteiger charge is 2.14. The average Bonchev–Trinajstić information content (AvgIpc) is 2.93. The molecule has 4 N–H and O–H groups in total. The number of hydrogen-bond acceptors (Lipinski definition) is 10. The van der Waals surface area contributed by atoms with Gasteiger partial charge in [-0.1, -0.05) is 0 Å². The lowest BCUT2D eigenvalue weighted by molar-refractivity contribution is 0.486. The van der Waals surface area contributed by atoms with Crippen LogP contribution in [0.25, 0.3) is 0 Å². The monoisotopic (exact) mass is 632 g/mol. The molecule has 12 nitrogen and oxygen atoms in total. The standard InChI is InChI=1S/C30H34Cl2N12/c1-43(2,3)23-15-11-21(12-16-23)35-29-39-25(31)37-27(41-29)33-19-7-9-20(10-8-19)34-28-38-26(32)40-30(42-28)36-22-13-17-24(18-14-22)44(4,5)6/h7-18H,1-6H3,(H2,33,35,37,39,41)(H2,34,36,38,40,42)/q+2. The Bertz CT molecular complexity index is 1600. The number of anilines is 8. The van der Waals surface area contributed by atoms with Crippen molar-refractivity contribution in [3.63, 3.8) is 0 Å². The summed E-state index contributed by atoms with van der Waals surface area (Å²) < 4.78 is 1.43. The smallest absolute Gasteiger partial charge is 0.233 e. The summed E-state index contributed by atoms with van der Waals surface area (Å²) in [5.41, 5.74) is 5.48. The van der Waals surface area contributed by atoms with Gasteiger partial charge < -0.3 is 21.3 Å². The summed E-state index contributed by atoms with van der Waals surface area (Å²) in [7, 11) is 12.7. The van der Waals surface area contributed by atoms with Gasteiger partial charge in [0.2, 0.25) is 34.4 Å². The van der Waals surface area contributed by atoms with Crippen molar-refractivity contribution in [1.29, 1.82) is 0 Å². The van der Waals surface area contributed by atoms with Gasteiger partial charge in [0.1, 0.15) is 11.4 Å². The van der Waals surface area contributed by atoms with E-state index >= 15 is 0 Å². The lowest BCUT2D eigenvalue weighted by Gasteiger charge is -2.23. The molecular formula is C30H34Cl2N12+2. The molecule has 44 heavy (non-hydrogen) atoms. The largest absolute Gasteiger partial charge is 0.324 e. The van der Waals surface area contributed by atoms with Gasteiger partial charge in [0.05, 0.1) is 42.3 Å². The van der Waals surface area contributed by atoms with Crippen LogP contribution in [0.2, 0.25) is 10.6 Å². The van der Waals surface area contributed by atoms with Gasteiger partial charge in [-0.05, 0) is 71.7 Å². The molecule has 0 atom stereocenters. The van der Waals surface area contributed by atoms with Crippen LogP contribution in [0.3, 0.4) is 0 Å². The molecule has 2 aromatic heterocycles. The van der Waals surface area contributed by atoms with E-state index < -0.39 is 0 Å². The molecule has 0 spiro atoms. The number of hydrogen-bond donors (Lipinski definition) is 4. The van der Waals surface area contributed by atoms with Crippen molar-refractivity contribution in [2.24, 2.45) is 0 Å². The normalized spacial score (nSPS) is 11.6.